The predicted octanol–water partition coefficient (Wildman–Crippen LogP) is 0.0633. The number of nitrogens with zero attached hydrogens (tertiary/aromatic N) is 2. The van der Waals surface area contributed by atoms with E-state index >= 15 is 0 Å². The summed E-state index contributed by atoms with van der Waals surface area (Å²) in [6.07, 6.45) is 3.20. The van der Waals surface area contributed by atoms with Crippen LogP contribution in [0.15, 0.2) is 23.0 Å². The SMILES string of the molecule is CS(=O)(=O)N1C[C@H]2C[C@@H](C1)[C@H](CNC(=O)[C@H]1CCCO1)n1c2cccc1=O. The van der Waals surface area contributed by atoms with Crippen LogP contribution in [0, 0.1) is 5.92 Å². The van der Waals surface area contributed by atoms with E-state index in [1.807, 2.05) is 6.07 Å². The number of ether oxygens (including phenoxy) is 1. The van der Waals surface area contributed by atoms with Crippen molar-refractivity contribution in [2.24, 2.45) is 5.92 Å². The van der Waals surface area contributed by atoms with Gasteiger partial charge in [-0.05, 0) is 31.2 Å². The Kier molecular flexibility index (Phi) is 4.85. The number of sulfonamides is 1. The molecule has 3 aliphatic heterocycles. The lowest BCUT2D eigenvalue weighted by Gasteiger charge is -2.46. The van der Waals surface area contributed by atoms with Crippen LogP contribution < -0.4 is 10.9 Å². The zero-order chi connectivity index (χ0) is 19.2. The van der Waals surface area contributed by atoms with Gasteiger partial charge in [-0.25, -0.2) is 12.7 Å². The highest BCUT2D eigenvalue weighted by Crippen LogP contribution is 2.41. The van der Waals surface area contributed by atoms with Crippen LogP contribution in [-0.4, -0.2) is 61.8 Å². The van der Waals surface area contributed by atoms with Crippen molar-refractivity contribution < 1.29 is 17.9 Å². The topological polar surface area (TPSA) is 97.7 Å². The van der Waals surface area contributed by atoms with Crippen LogP contribution in [0.2, 0.25) is 0 Å². The molecule has 0 aliphatic carbocycles. The number of hydrogen-bond acceptors (Lipinski definition) is 5. The van der Waals surface area contributed by atoms with Crippen molar-refractivity contribution in [1.82, 2.24) is 14.2 Å². The van der Waals surface area contributed by atoms with Gasteiger partial charge < -0.3 is 14.6 Å². The first-order valence-corrected chi connectivity index (χ1v) is 11.3. The van der Waals surface area contributed by atoms with Gasteiger partial charge in [-0.1, -0.05) is 6.07 Å². The van der Waals surface area contributed by atoms with Crippen molar-refractivity contribution in [3.8, 4) is 0 Å². The lowest BCUT2D eigenvalue weighted by Crippen LogP contribution is -2.53. The predicted molar refractivity (Wildman–Crippen MR) is 99.0 cm³/mol. The molecular formula is C18H25N3O5S. The molecule has 27 heavy (non-hydrogen) atoms. The summed E-state index contributed by atoms with van der Waals surface area (Å²) in [5.74, 6) is -0.177. The molecule has 2 fully saturated rings. The zero-order valence-corrected chi connectivity index (χ0v) is 16.2. The van der Waals surface area contributed by atoms with Gasteiger partial charge in [0.2, 0.25) is 15.9 Å². The maximum Gasteiger partial charge on any atom is 0.251 e. The summed E-state index contributed by atoms with van der Waals surface area (Å²) in [5, 5.41) is 2.93. The maximum absolute atomic E-state index is 12.6. The smallest absolute Gasteiger partial charge is 0.251 e. The molecule has 4 atom stereocenters. The molecule has 0 unspecified atom stereocenters. The van der Waals surface area contributed by atoms with Gasteiger partial charge >= 0.3 is 0 Å². The molecule has 0 aromatic carbocycles. The molecule has 2 saturated heterocycles. The van der Waals surface area contributed by atoms with Crippen molar-refractivity contribution in [3.05, 3.63) is 34.2 Å². The molecule has 2 bridgehead atoms. The molecule has 1 aromatic heterocycles. The Hall–Kier alpha value is -1.71. The number of carbonyl (C=O) groups is 1. The Morgan fingerprint density at radius 3 is 2.85 bits per heavy atom. The fourth-order valence-corrected chi connectivity index (χ4v) is 5.55. The van der Waals surface area contributed by atoms with Crippen molar-refractivity contribution in [2.75, 3.05) is 32.5 Å². The summed E-state index contributed by atoms with van der Waals surface area (Å²) in [7, 11) is -3.31. The second kappa shape index (κ2) is 7.03. The van der Waals surface area contributed by atoms with E-state index in [0.717, 1.165) is 18.5 Å². The fraction of sp³-hybridized carbons (Fsp3) is 0.667. The molecule has 1 N–H and O–H groups in total. The van der Waals surface area contributed by atoms with E-state index in [1.165, 1.54) is 16.6 Å². The van der Waals surface area contributed by atoms with Crippen molar-refractivity contribution in [1.29, 1.82) is 0 Å². The third kappa shape index (κ3) is 3.55. The standard InChI is InChI=1S/C18H25N3O5S/c1-27(24,25)20-10-12-8-13(11-20)15(21-14(12)4-2-6-17(21)22)9-19-18(23)16-5-3-7-26-16/h2,4,6,12-13,15-16H,3,5,7-11H2,1H3,(H,19,23)/t12-,13+,15+,16-/m1/s1. The van der Waals surface area contributed by atoms with Crippen LogP contribution in [-0.2, 0) is 19.6 Å². The van der Waals surface area contributed by atoms with Gasteiger partial charge in [0.15, 0.2) is 0 Å². The Morgan fingerprint density at radius 2 is 2.15 bits per heavy atom. The first-order chi connectivity index (χ1) is 12.8. The van der Waals surface area contributed by atoms with Crippen LogP contribution in [0.4, 0.5) is 0 Å². The molecule has 148 valence electrons. The van der Waals surface area contributed by atoms with Crippen molar-refractivity contribution >= 4 is 15.9 Å². The van der Waals surface area contributed by atoms with Crippen molar-refractivity contribution in [3.63, 3.8) is 0 Å². The quantitative estimate of drug-likeness (QED) is 0.778. The van der Waals surface area contributed by atoms with E-state index in [1.54, 1.807) is 10.6 Å². The van der Waals surface area contributed by atoms with E-state index in [9.17, 15) is 18.0 Å². The second-order valence-electron chi connectivity index (χ2n) is 7.75. The molecule has 0 spiro atoms. The molecule has 0 radical (unpaired) electrons. The minimum atomic E-state index is -3.31. The molecule has 1 aromatic rings. The number of fused-ring (bicyclic) bond motifs is 4. The largest absolute Gasteiger partial charge is 0.368 e. The highest BCUT2D eigenvalue weighted by atomic mass is 32.2. The van der Waals surface area contributed by atoms with Crippen LogP contribution >= 0.6 is 0 Å². The molecule has 8 nitrogen and oxygen atoms in total. The Labute approximate surface area is 158 Å². The average Bonchev–Trinajstić information content (AvgIpc) is 3.16. The number of aromatic nitrogens is 1. The number of pyridine rings is 1. The monoisotopic (exact) mass is 395 g/mol. The highest BCUT2D eigenvalue weighted by molar-refractivity contribution is 7.88. The Morgan fingerprint density at radius 1 is 1.33 bits per heavy atom. The van der Waals surface area contributed by atoms with E-state index in [-0.39, 0.29) is 29.3 Å². The van der Waals surface area contributed by atoms with Crippen LogP contribution in [0.25, 0.3) is 0 Å². The number of piperidine rings is 1. The molecule has 0 saturated carbocycles. The Bertz CT molecular complexity index is 891. The molecule has 4 heterocycles. The molecule has 3 aliphatic rings. The minimum absolute atomic E-state index is 0.00232. The zero-order valence-electron chi connectivity index (χ0n) is 15.3. The van der Waals surface area contributed by atoms with Crippen LogP contribution in [0.1, 0.15) is 36.9 Å². The number of hydrogen-bond donors (Lipinski definition) is 1. The summed E-state index contributed by atoms with van der Waals surface area (Å²) in [6, 6.07) is 4.87. The summed E-state index contributed by atoms with van der Waals surface area (Å²) >= 11 is 0. The summed E-state index contributed by atoms with van der Waals surface area (Å²) in [6.45, 7) is 1.66. The lowest BCUT2D eigenvalue weighted by molar-refractivity contribution is -0.130. The Balaban J connectivity index is 1.62. The van der Waals surface area contributed by atoms with E-state index < -0.39 is 16.1 Å². The molecule has 9 heteroatoms. The highest BCUT2D eigenvalue weighted by Gasteiger charge is 2.43. The summed E-state index contributed by atoms with van der Waals surface area (Å²) < 4.78 is 32.9. The molecule has 4 rings (SSSR count). The first-order valence-electron chi connectivity index (χ1n) is 9.40. The minimum Gasteiger partial charge on any atom is -0.368 e. The molecular weight excluding hydrogens is 370 g/mol. The third-order valence-corrected chi connectivity index (χ3v) is 7.18. The first kappa shape index (κ1) is 18.6. The lowest BCUT2D eigenvalue weighted by atomic mass is 9.79. The number of carbonyl (C=O) groups excluding carboxylic acids is 1. The van der Waals surface area contributed by atoms with Gasteiger partial charge in [-0.3, -0.25) is 9.59 Å². The second-order valence-corrected chi connectivity index (χ2v) is 9.73. The average molecular weight is 395 g/mol. The van der Waals surface area contributed by atoms with E-state index in [0.29, 0.717) is 32.7 Å². The maximum atomic E-state index is 12.6. The van der Waals surface area contributed by atoms with Gasteiger partial charge in [0.05, 0.1) is 12.3 Å². The van der Waals surface area contributed by atoms with Gasteiger partial charge in [0, 0.05) is 43.9 Å². The third-order valence-electron chi connectivity index (χ3n) is 5.94. The van der Waals surface area contributed by atoms with Gasteiger partial charge in [0.1, 0.15) is 6.10 Å². The van der Waals surface area contributed by atoms with Crippen LogP contribution in [0.3, 0.4) is 0 Å². The van der Waals surface area contributed by atoms with Gasteiger partial charge in [0.25, 0.3) is 5.56 Å². The fourth-order valence-electron chi connectivity index (χ4n) is 4.64. The summed E-state index contributed by atoms with van der Waals surface area (Å²) in [4.78, 5) is 24.9. The number of nitrogens with one attached hydrogen (secondary N) is 1. The van der Waals surface area contributed by atoms with E-state index in [2.05, 4.69) is 5.32 Å². The van der Waals surface area contributed by atoms with Gasteiger partial charge in [-0.2, -0.15) is 0 Å². The van der Waals surface area contributed by atoms with E-state index in [4.69, 9.17) is 4.74 Å². The van der Waals surface area contributed by atoms with Gasteiger partial charge in [-0.15, -0.1) is 0 Å². The number of amides is 1. The normalized spacial score (nSPS) is 30.7. The number of rotatable bonds is 4. The summed E-state index contributed by atoms with van der Waals surface area (Å²) in [5.41, 5.74) is 0.745. The molecule has 1 amide bonds. The van der Waals surface area contributed by atoms with Crippen LogP contribution in [0.5, 0.6) is 0 Å². The van der Waals surface area contributed by atoms with Crippen molar-refractivity contribution in [2.45, 2.75) is 37.3 Å².